The molecule has 0 spiro atoms. The summed E-state index contributed by atoms with van der Waals surface area (Å²) in [6.45, 7) is 1.59. The van der Waals surface area contributed by atoms with Gasteiger partial charge < -0.3 is 5.11 Å². The zero-order chi connectivity index (χ0) is 15.9. The van der Waals surface area contributed by atoms with Crippen LogP contribution in [0.1, 0.15) is 34.3 Å². The third-order valence-corrected chi connectivity index (χ3v) is 5.45. The van der Waals surface area contributed by atoms with Crippen LogP contribution in [0.15, 0.2) is 52.3 Å². The van der Waals surface area contributed by atoms with E-state index in [1.54, 1.807) is 49.4 Å². The fourth-order valence-corrected chi connectivity index (χ4v) is 3.96. The van der Waals surface area contributed by atoms with Gasteiger partial charge in [-0.25, -0.2) is 4.21 Å². The molecule has 112 valence electrons. The molecule has 22 heavy (non-hydrogen) atoms. The van der Waals surface area contributed by atoms with Gasteiger partial charge in [0.15, 0.2) is 5.78 Å². The van der Waals surface area contributed by atoms with E-state index in [-0.39, 0.29) is 12.2 Å². The molecule has 0 saturated heterocycles. The van der Waals surface area contributed by atoms with Gasteiger partial charge in [-0.05, 0) is 30.2 Å². The minimum atomic E-state index is -1.43. The first-order valence-corrected chi connectivity index (χ1v) is 8.03. The SMILES string of the molecule is CC(C(=O)O)c1ccc2c(c1)CC(=O)c1ccccc1S2=O. The lowest BCUT2D eigenvalue weighted by Gasteiger charge is -2.11. The number of rotatable bonds is 2. The van der Waals surface area contributed by atoms with E-state index in [0.29, 0.717) is 26.5 Å². The van der Waals surface area contributed by atoms with Crippen LogP contribution in [0.25, 0.3) is 0 Å². The summed E-state index contributed by atoms with van der Waals surface area (Å²) in [5.41, 5.74) is 1.73. The highest BCUT2D eigenvalue weighted by molar-refractivity contribution is 7.85. The Hall–Kier alpha value is -2.27. The van der Waals surface area contributed by atoms with Crippen molar-refractivity contribution in [2.75, 3.05) is 0 Å². The van der Waals surface area contributed by atoms with E-state index in [1.807, 2.05) is 0 Å². The highest BCUT2D eigenvalue weighted by atomic mass is 32.2. The van der Waals surface area contributed by atoms with Crippen molar-refractivity contribution in [3.8, 4) is 0 Å². The zero-order valence-electron chi connectivity index (χ0n) is 11.9. The average molecular weight is 314 g/mol. The highest BCUT2D eigenvalue weighted by Gasteiger charge is 2.26. The third-order valence-electron chi connectivity index (χ3n) is 3.89. The monoisotopic (exact) mass is 314 g/mol. The Kier molecular flexibility index (Phi) is 3.66. The molecule has 0 aromatic heterocycles. The van der Waals surface area contributed by atoms with E-state index < -0.39 is 22.7 Å². The Bertz CT molecular complexity index is 810. The summed E-state index contributed by atoms with van der Waals surface area (Å²) in [6, 6.07) is 11.9. The number of aliphatic carboxylic acids is 1. The van der Waals surface area contributed by atoms with Crippen molar-refractivity contribution in [2.45, 2.75) is 29.1 Å². The normalized spacial score (nSPS) is 18.0. The van der Waals surface area contributed by atoms with Crippen molar-refractivity contribution >= 4 is 22.6 Å². The number of carbonyl (C=O) groups excluding carboxylic acids is 1. The quantitative estimate of drug-likeness (QED) is 0.925. The lowest BCUT2D eigenvalue weighted by Crippen LogP contribution is -2.09. The van der Waals surface area contributed by atoms with Crippen LogP contribution in [-0.4, -0.2) is 21.1 Å². The van der Waals surface area contributed by atoms with E-state index in [2.05, 4.69) is 0 Å². The second-order valence-corrected chi connectivity index (χ2v) is 6.71. The van der Waals surface area contributed by atoms with E-state index >= 15 is 0 Å². The minimum absolute atomic E-state index is 0.0946. The van der Waals surface area contributed by atoms with Crippen LogP contribution in [0.5, 0.6) is 0 Å². The van der Waals surface area contributed by atoms with E-state index in [4.69, 9.17) is 5.11 Å². The van der Waals surface area contributed by atoms with Crippen LogP contribution in [-0.2, 0) is 22.0 Å². The fraction of sp³-hybridized carbons (Fsp3) is 0.176. The van der Waals surface area contributed by atoms with Gasteiger partial charge in [-0.15, -0.1) is 0 Å². The number of ketones is 1. The smallest absolute Gasteiger partial charge is 0.310 e. The molecular formula is C17H14O4S. The molecule has 2 aromatic rings. The summed E-state index contributed by atoms with van der Waals surface area (Å²) in [4.78, 5) is 24.6. The Morgan fingerprint density at radius 2 is 1.91 bits per heavy atom. The maximum atomic E-state index is 12.7. The fourth-order valence-electron chi connectivity index (χ4n) is 2.58. The molecule has 3 rings (SSSR count). The molecule has 1 N–H and O–H groups in total. The van der Waals surface area contributed by atoms with Gasteiger partial charge in [0, 0.05) is 16.9 Å². The van der Waals surface area contributed by atoms with Gasteiger partial charge in [0.2, 0.25) is 0 Å². The Labute approximate surface area is 130 Å². The molecule has 2 atom stereocenters. The minimum Gasteiger partial charge on any atom is -0.481 e. The third kappa shape index (κ3) is 2.37. The topological polar surface area (TPSA) is 71.4 Å². The number of fused-ring (bicyclic) bond motifs is 2. The average Bonchev–Trinajstić information content (AvgIpc) is 2.62. The van der Waals surface area contributed by atoms with Gasteiger partial charge in [-0.3, -0.25) is 9.59 Å². The Balaban J connectivity index is 2.14. The number of hydrogen-bond donors (Lipinski definition) is 1. The van der Waals surface area contributed by atoms with Crippen molar-refractivity contribution in [1.29, 1.82) is 0 Å². The summed E-state index contributed by atoms with van der Waals surface area (Å²) >= 11 is 0. The lowest BCUT2D eigenvalue weighted by molar-refractivity contribution is -0.138. The van der Waals surface area contributed by atoms with E-state index in [9.17, 15) is 13.8 Å². The molecule has 0 radical (unpaired) electrons. The molecule has 1 aliphatic rings. The first kappa shape index (κ1) is 14.7. The molecule has 2 aromatic carbocycles. The molecular weight excluding hydrogens is 300 g/mol. The first-order chi connectivity index (χ1) is 10.5. The molecule has 1 aliphatic heterocycles. The van der Waals surface area contributed by atoms with Crippen LogP contribution in [0.3, 0.4) is 0 Å². The molecule has 1 heterocycles. The standard InChI is InChI=1S/C17H14O4S/c1-10(17(19)20)11-6-7-15-12(8-11)9-14(18)13-4-2-3-5-16(13)22(15)21/h2-8,10H,9H2,1H3,(H,19,20). The molecule has 5 heteroatoms. The van der Waals surface area contributed by atoms with Crippen LogP contribution in [0.2, 0.25) is 0 Å². The largest absolute Gasteiger partial charge is 0.481 e. The van der Waals surface area contributed by atoms with Gasteiger partial charge in [0.05, 0.1) is 21.6 Å². The van der Waals surface area contributed by atoms with Crippen LogP contribution >= 0.6 is 0 Å². The van der Waals surface area contributed by atoms with Crippen molar-refractivity contribution in [1.82, 2.24) is 0 Å². The number of carbonyl (C=O) groups is 2. The summed E-state index contributed by atoms with van der Waals surface area (Å²) in [5, 5.41) is 9.11. The summed E-state index contributed by atoms with van der Waals surface area (Å²) in [6.07, 6.45) is 0.137. The summed E-state index contributed by atoms with van der Waals surface area (Å²) in [5.74, 6) is -1.69. The number of carboxylic acid groups (broad SMARTS) is 1. The van der Waals surface area contributed by atoms with Crippen molar-refractivity contribution < 1.29 is 18.9 Å². The molecule has 0 aliphatic carbocycles. The van der Waals surface area contributed by atoms with Gasteiger partial charge in [-0.1, -0.05) is 30.3 Å². The number of benzene rings is 2. The summed E-state index contributed by atoms with van der Waals surface area (Å²) < 4.78 is 12.7. The molecule has 4 nitrogen and oxygen atoms in total. The van der Waals surface area contributed by atoms with Gasteiger partial charge in [-0.2, -0.15) is 0 Å². The number of hydrogen-bond acceptors (Lipinski definition) is 3. The lowest BCUT2D eigenvalue weighted by atomic mass is 9.96. The molecule has 0 fully saturated rings. The van der Waals surface area contributed by atoms with Crippen molar-refractivity contribution in [2.24, 2.45) is 0 Å². The zero-order valence-corrected chi connectivity index (χ0v) is 12.7. The number of carboxylic acids is 1. The Morgan fingerprint density at radius 3 is 2.64 bits per heavy atom. The maximum Gasteiger partial charge on any atom is 0.310 e. The predicted octanol–water partition coefficient (Wildman–Crippen LogP) is 2.78. The first-order valence-electron chi connectivity index (χ1n) is 6.88. The molecule has 0 amide bonds. The van der Waals surface area contributed by atoms with Gasteiger partial charge >= 0.3 is 5.97 Å². The highest BCUT2D eigenvalue weighted by Crippen LogP contribution is 2.31. The van der Waals surface area contributed by atoms with E-state index in [0.717, 1.165) is 0 Å². The van der Waals surface area contributed by atoms with Gasteiger partial charge in [0.25, 0.3) is 0 Å². The summed E-state index contributed by atoms with van der Waals surface area (Å²) in [7, 11) is -1.43. The molecule has 2 unspecified atom stereocenters. The number of Topliss-reactive ketones (excluding diaryl/α,β-unsaturated/α-hetero) is 1. The second-order valence-electron chi connectivity index (χ2n) is 5.29. The van der Waals surface area contributed by atoms with Crippen molar-refractivity contribution in [3.05, 3.63) is 59.2 Å². The van der Waals surface area contributed by atoms with Crippen LogP contribution in [0.4, 0.5) is 0 Å². The van der Waals surface area contributed by atoms with Gasteiger partial charge in [0.1, 0.15) is 0 Å². The predicted molar refractivity (Wildman–Crippen MR) is 81.6 cm³/mol. The van der Waals surface area contributed by atoms with Crippen molar-refractivity contribution in [3.63, 3.8) is 0 Å². The second kappa shape index (κ2) is 5.50. The Morgan fingerprint density at radius 1 is 1.18 bits per heavy atom. The molecule has 0 bridgehead atoms. The van der Waals surface area contributed by atoms with Crippen LogP contribution in [0, 0.1) is 0 Å². The molecule has 0 saturated carbocycles. The van der Waals surface area contributed by atoms with Crippen LogP contribution < -0.4 is 0 Å². The maximum absolute atomic E-state index is 12.7. The van der Waals surface area contributed by atoms with E-state index in [1.165, 1.54) is 0 Å².